The molecule has 0 aromatic carbocycles. The lowest BCUT2D eigenvalue weighted by molar-refractivity contribution is 0.524. The maximum Gasteiger partial charge on any atom is 0.102 e. The Bertz CT molecular complexity index is 251. The Labute approximate surface area is 73.4 Å². The second kappa shape index (κ2) is 3.48. The number of nitrogens with zero attached hydrogens (tertiary/aromatic N) is 2. The van der Waals surface area contributed by atoms with E-state index in [-0.39, 0.29) is 11.6 Å². The molecule has 0 aliphatic carbocycles. The van der Waals surface area contributed by atoms with E-state index in [1.165, 1.54) is 0 Å². The average molecular weight is 162 g/mol. The van der Waals surface area contributed by atoms with E-state index in [2.05, 4.69) is 16.6 Å². The van der Waals surface area contributed by atoms with Crippen LogP contribution in [0.5, 0.6) is 0 Å². The first kappa shape index (κ1) is 8.91. The van der Waals surface area contributed by atoms with Crippen LogP contribution in [0.25, 0.3) is 0 Å². The third kappa shape index (κ3) is 1.52. The molecule has 1 aliphatic rings. The molecule has 2 atom stereocenters. The Kier molecular flexibility index (Phi) is 2.58. The second-order valence-electron chi connectivity index (χ2n) is 2.98. The molecule has 0 N–H and O–H groups in total. The monoisotopic (exact) mass is 162 g/mol. The lowest BCUT2D eigenvalue weighted by atomic mass is 9.92. The van der Waals surface area contributed by atoms with Gasteiger partial charge in [0.1, 0.15) is 5.54 Å². The van der Waals surface area contributed by atoms with Gasteiger partial charge in [-0.15, -0.1) is 6.58 Å². The van der Waals surface area contributed by atoms with Gasteiger partial charge in [0.2, 0.25) is 0 Å². The molecule has 64 valence electrons. The fraction of sp³-hybridized carbons (Fsp3) is 0.400. The molecule has 0 aromatic heterocycles. The van der Waals surface area contributed by atoms with Crippen LogP contribution in [-0.4, -0.2) is 24.0 Å². The number of allylic oxidation sites excluding steroid dienone is 1. The lowest BCUT2D eigenvalue weighted by Gasteiger charge is -2.28. The normalized spacial score (nSPS) is 34.3. The van der Waals surface area contributed by atoms with E-state index < -0.39 is 0 Å². The summed E-state index contributed by atoms with van der Waals surface area (Å²) in [5.41, 5.74) is -0.231. The van der Waals surface area contributed by atoms with Gasteiger partial charge in [-0.25, -0.2) is 0 Å². The quantitative estimate of drug-likeness (QED) is 0.555. The highest BCUT2D eigenvalue weighted by Crippen LogP contribution is 2.22. The summed E-state index contributed by atoms with van der Waals surface area (Å²) < 4.78 is 0. The van der Waals surface area contributed by atoms with Crippen LogP contribution in [0.3, 0.4) is 0 Å². The van der Waals surface area contributed by atoms with Crippen molar-refractivity contribution >= 4 is 12.4 Å². The molecule has 1 rings (SSSR count). The predicted molar refractivity (Wildman–Crippen MR) is 54.2 cm³/mol. The van der Waals surface area contributed by atoms with Crippen LogP contribution >= 0.6 is 0 Å². The minimum atomic E-state index is -0.231. The van der Waals surface area contributed by atoms with Gasteiger partial charge in [-0.05, 0) is 13.8 Å². The van der Waals surface area contributed by atoms with Crippen molar-refractivity contribution in [3.05, 3.63) is 24.8 Å². The van der Waals surface area contributed by atoms with E-state index in [0.717, 1.165) is 0 Å². The molecule has 2 nitrogen and oxygen atoms in total. The topological polar surface area (TPSA) is 24.7 Å². The van der Waals surface area contributed by atoms with Gasteiger partial charge in [-0.3, -0.25) is 9.98 Å². The molecule has 2 heteroatoms. The molecule has 12 heavy (non-hydrogen) atoms. The van der Waals surface area contributed by atoms with Crippen molar-refractivity contribution in [3.63, 3.8) is 0 Å². The molecule has 1 aliphatic heterocycles. The van der Waals surface area contributed by atoms with E-state index in [9.17, 15) is 0 Å². The highest BCUT2D eigenvalue weighted by molar-refractivity contribution is 6.16. The Morgan fingerprint density at radius 3 is 2.83 bits per heavy atom. The maximum absolute atomic E-state index is 4.37. The molecule has 0 saturated heterocycles. The van der Waals surface area contributed by atoms with Crippen molar-refractivity contribution < 1.29 is 0 Å². The first-order valence-corrected chi connectivity index (χ1v) is 4.06. The molecule has 0 fully saturated rings. The molecule has 0 aromatic rings. The van der Waals surface area contributed by atoms with Crippen LogP contribution < -0.4 is 0 Å². The molecule has 0 bridgehead atoms. The van der Waals surface area contributed by atoms with Gasteiger partial charge in [0, 0.05) is 12.4 Å². The summed E-state index contributed by atoms with van der Waals surface area (Å²) in [6, 6.07) is 0.0682. The van der Waals surface area contributed by atoms with Crippen molar-refractivity contribution in [3.8, 4) is 0 Å². The summed E-state index contributed by atoms with van der Waals surface area (Å²) in [6.45, 7) is 7.77. The smallest absolute Gasteiger partial charge is 0.102 e. The Morgan fingerprint density at radius 1 is 1.50 bits per heavy atom. The minimum Gasteiger partial charge on any atom is -0.281 e. The summed E-state index contributed by atoms with van der Waals surface area (Å²) in [7, 11) is 0. The summed E-state index contributed by atoms with van der Waals surface area (Å²) in [5, 5.41) is 0. The highest BCUT2D eigenvalue weighted by Gasteiger charge is 2.28. The first-order valence-electron chi connectivity index (χ1n) is 4.06. The largest absolute Gasteiger partial charge is 0.281 e. The molecule has 1 unspecified atom stereocenters. The van der Waals surface area contributed by atoms with Crippen LogP contribution in [0.1, 0.15) is 13.8 Å². The molecule has 0 saturated carbocycles. The lowest BCUT2D eigenvalue weighted by Crippen LogP contribution is -2.35. The zero-order chi connectivity index (χ0) is 9.03. The number of hydrogen-bond acceptors (Lipinski definition) is 2. The fourth-order valence-corrected chi connectivity index (χ4v) is 1.33. The summed E-state index contributed by atoms with van der Waals surface area (Å²) >= 11 is 0. The van der Waals surface area contributed by atoms with E-state index in [1.54, 1.807) is 12.4 Å². The van der Waals surface area contributed by atoms with Crippen LogP contribution in [0.2, 0.25) is 0 Å². The van der Waals surface area contributed by atoms with Crippen molar-refractivity contribution in [2.75, 3.05) is 0 Å². The highest BCUT2D eigenvalue weighted by atomic mass is 15.0. The molecular formula is C10H14N2. The van der Waals surface area contributed by atoms with Crippen molar-refractivity contribution in [2.24, 2.45) is 9.98 Å². The average Bonchev–Trinajstić information content (AvgIpc) is 2.05. The van der Waals surface area contributed by atoms with Crippen LogP contribution in [-0.2, 0) is 0 Å². The van der Waals surface area contributed by atoms with Crippen molar-refractivity contribution in [1.29, 1.82) is 0 Å². The Balaban J connectivity index is 2.93. The van der Waals surface area contributed by atoms with Crippen molar-refractivity contribution in [2.45, 2.75) is 25.4 Å². The van der Waals surface area contributed by atoms with Crippen LogP contribution in [0, 0.1) is 0 Å². The fourth-order valence-electron chi connectivity index (χ4n) is 1.33. The maximum atomic E-state index is 4.37. The summed E-state index contributed by atoms with van der Waals surface area (Å²) in [5.74, 6) is 0. The molecule has 1 heterocycles. The van der Waals surface area contributed by atoms with Gasteiger partial charge < -0.3 is 0 Å². The number of hydrogen-bond donors (Lipinski definition) is 0. The van der Waals surface area contributed by atoms with E-state index >= 15 is 0 Å². The van der Waals surface area contributed by atoms with Gasteiger partial charge in [0.05, 0.1) is 6.04 Å². The number of rotatable bonds is 2. The Hall–Kier alpha value is -1.18. The minimum absolute atomic E-state index is 0.0682. The van der Waals surface area contributed by atoms with Gasteiger partial charge in [-0.2, -0.15) is 0 Å². The standard InChI is InChI=1S/C10H14N2/c1-4-6-10(3)9(5-2)11-7-8-12-10/h4-9H,2H2,1,3H3/b6-4-/t9?,10-/m0/s1. The molecule has 0 radical (unpaired) electrons. The van der Waals surface area contributed by atoms with Gasteiger partial charge >= 0.3 is 0 Å². The first-order chi connectivity index (χ1) is 5.73. The summed E-state index contributed by atoms with van der Waals surface area (Å²) in [4.78, 5) is 8.65. The molecular weight excluding hydrogens is 148 g/mol. The zero-order valence-corrected chi connectivity index (χ0v) is 7.57. The summed E-state index contributed by atoms with van der Waals surface area (Å²) in [6.07, 6.45) is 9.33. The van der Waals surface area contributed by atoms with Gasteiger partial charge in [0.15, 0.2) is 0 Å². The van der Waals surface area contributed by atoms with E-state index in [1.807, 2.05) is 32.1 Å². The van der Waals surface area contributed by atoms with Crippen LogP contribution in [0.4, 0.5) is 0 Å². The van der Waals surface area contributed by atoms with E-state index in [4.69, 9.17) is 0 Å². The Morgan fingerprint density at radius 2 is 2.25 bits per heavy atom. The zero-order valence-electron chi connectivity index (χ0n) is 7.57. The number of aliphatic imine (C=N–C) groups is 2. The SMILES string of the molecule is C=CC1N=CC=N[C@@]1(C)/C=C\C. The molecule has 0 amide bonds. The van der Waals surface area contributed by atoms with Crippen LogP contribution in [0.15, 0.2) is 34.8 Å². The molecule has 0 spiro atoms. The van der Waals surface area contributed by atoms with E-state index in [0.29, 0.717) is 0 Å². The van der Waals surface area contributed by atoms with Crippen molar-refractivity contribution in [1.82, 2.24) is 0 Å². The van der Waals surface area contributed by atoms with Gasteiger partial charge in [0.25, 0.3) is 0 Å². The predicted octanol–water partition coefficient (Wildman–Crippen LogP) is 2.03. The third-order valence-corrected chi connectivity index (χ3v) is 1.99. The second-order valence-corrected chi connectivity index (χ2v) is 2.98. The van der Waals surface area contributed by atoms with Gasteiger partial charge in [-0.1, -0.05) is 18.2 Å². The third-order valence-electron chi connectivity index (χ3n) is 1.99.